The van der Waals surface area contributed by atoms with Gasteiger partial charge in [0.25, 0.3) is 11.1 Å². The molecule has 0 aliphatic carbocycles. The number of ether oxygens (including phenoxy) is 3. The van der Waals surface area contributed by atoms with Crippen LogP contribution in [0.1, 0.15) is 30.5 Å². The quantitative estimate of drug-likeness (QED) is 0.242. The Morgan fingerprint density at radius 1 is 1.21 bits per heavy atom. The average Bonchev–Trinajstić information content (AvgIpc) is 3.05. The second-order valence-corrected chi connectivity index (χ2v) is 9.45. The van der Waals surface area contributed by atoms with E-state index in [1.807, 2.05) is 38.1 Å². The van der Waals surface area contributed by atoms with E-state index in [9.17, 15) is 14.4 Å². The third kappa shape index (κ3) is 5.89. The number of carbonyl (C=O) groups is 3. The molecule has 3 rings (SSSR count). The molecule has 1 aliphatic heterocycles. The smallest absolute Gasteiger partial charge is 0.328 e. The number of hydrogen-bond donors (Lipinski definition) is 0. The van der Waals surface area contributed by atoms with Crippen LogP contribution >= 0.6 is 34.4 Å². The molecule has 9 heteroatoms. The second kappa shape index (κ2) is 11.1. The summed E-state index contributed by atoms with van der Waals surface area (Å²) >= 11 is 2.95. The summed E-state index contributed by atoms with van der Waals surface area (Å²) in [6.07, 6.45) is 1.61. The zero-order valence-electron chi connectivity index (χ0n) is 18.7. The Kier molecular flexibility index (Phi) is 8.41. The third-order valence-electron chi connectivity index (χ3n) is 4.85. The normalized spacial score (nSPS) is 15.7. The Hall–Kier alpha value is -2.53. The lowest BCUT2D eigenvalue weighted by atomic mass is 10.1. The number of rotatable bonds is 8. The van der Waals surface area contributed by atoms with Gasteiger partial charge in [-0.15, -0.1) is 0 Å². The van der Waals surface area contributed by atoms with E-state index in [-0.39, 0.29) is 4.91 Å². The van der Waals surface area contributed by atoms with Crippen LogP contribution in [0.15, 0.2) is 41.3 Å². The van der Waals surface area contributed by atoms with E-state index < -0.39 is 23.2 Å². The number of halogens is 1. The zero-order chi connectivity index (χ0) is 24.1. The molecule has 0 spiro atoms. The molecule has 0 bridgehead atoms. The molecule has 1 fully saturated rings. The summed E-state index contributed by atoms with van der Waals surface area (Å²) in [5, 5.41) is -0.512. The van der Waals surface area contributed by atoms with Gasteiger partial charge in [0.15, 0.2) is 11.5 Å². The monoisotopic (exact) mass is 581 g/mol. The number of carbonyl (C=O) groups excluding carboxylic acids is 3. The molecule has 1 aliphatic rings. The number of esters is 1. The fourth-order valence-corrected chi connectivity index (χ4v) is 4.96. The first kappa shape index (κ1) is 25.1. The number of nitrogens with zero attached hydrogens (tertiary/aromatic N) is 1. The van der Waals surface area contributed by atoms with E-state index in [4.69, 9.17) is 9.47 Å². The van der Waals surface area contributed by atoms with Crippen LogP contribution in [0.2, 0.25) is 0 Å². The molecule has 2 amide bonds. The van der Waals surface area contributed by atoms with Crippen LogP contribution in [0.4, 0.5) is 4.79 Å². The molecule has 2 aromatic carbocycles. The van der Waals surface area contributed by atoms with E-state index in [1.54, 1.807) is 12.1 Å². The third-order valence-corrected chi connectivity index (χ3v) is 6.53. The maximum atomic E-state index is 12.8. The maximum absolute atomic E-state index is 12.8. The van der Waals surface area contributed by atoms with Gasteiger partial charge in [0.1, 0.15) is 12.6 Å². The standard InChI is InChI=1S/C24H24INO6S/c1-5-31-19-11-17(10-18(25)21(19)32-13-16-8-6-7-14(2)9-16)12-20-22(27)26(24(29)33-20)15(3)23(28)30-4/h6-12,15H,5,13H2,1-4H3/b20-12+/t15-/m1/s1. The SMILES string of the molecule is CCOc1cc(/C=C2/SC(=O)N([C@H](C)C(=O)OC)C2=O)cc(I)c1OCc1cccc(C)c1. The number of benzene rings is 2. The number of thioether (sulfide) groups is 1. The van der Waals surface area contributed by atoms with E-state index in [0.29, 0.717) is 30.3 Å². The molecule has 1 atom stereocenters. The fraction of sp³-hybridized carbons (Fsp3) is 0.292. The molecule has 2 aromatic rings. The van der Waals surface area contributed by atoms with Crippen LogP contribution < -0.4 is 9.47 Å². The molecule has 1 saturated heterocycles. The summed E-state index contributed by atoms with van der Waals surface area (Å²) < 4.78 is 17.3. The van der Waals surface area contributed by atoms with Crippen molar-refractivity contribution in [1.29, 1.82) is 0 Å². The fourth-order valence-electron chi connectivity index (χ4n) is 3.27. The van der Waals surface area contributed by atoms with Crippen molar-refractivity contribution in [2.24, 2.45) is 0 Å². The van der Waals surface area contributed by atoms with Crippen LogP contribution in [-0.4, -0.2) is 41.8 Å². The number of hydrogen-bond acceptors (Lipinski definition) is 7. The van der Waals surface area contributed by atoms with E-state index in [0.717, 1.165) is 31.4 Å². The first-order chi connectivity index (χ1) is 15.7. The topological polar surface area (TPSA) is 82.1 Å². The van der Waals surface area contributed by atoms with Crippen molar-refractivity contribution in [3.63, 3.8) is 0 Å². The Balaban J connectivity index is 1.87. The maximum Gasteiger partial charge on any atom is 0.328 e. The van der Waals surface area contributed by atoms with Crippen LogP contribution in [-0.2, 0) is 20.9 Å². The molecule has 0 saturated carbocycles. The lowest BCUT2D eigenvalue weighted by Crippen LogP contribution is -2.42. The van der Waals surface area contributed by atoms with Gasteiger partial charge < -0.3 is 14.2 Å². The minimum Gasteiger partial charge on any atom is -0.490 e. The van der Waals surface area contributed by atoms with Crippen LogP contribution in [0.25, 0.3) is 6.08 Å². The summed E-state index contributed by atoms with van der Waals surface area (Å²) in [5.41, 5.74) is 2.88. The van der Waals surface area contributed by atoms with Crippen molar-refractivity contribution < 1.29 is 28.6 Å². The molecule has 0 radical (unpaired) electrons. The minimum atomic E-state index is -0.995. The van der Waals surface area contributed by atoms with Gasteiger partial charge in [0, 0.05) is 0 Å². The zero-order valence-corrected chi connectivity index (χ0v) is 21.7. The molecule has 174 valence electrons. The number of methoxy groups -OCH3 is 1. The molecule has 0 aromatic heterocycles. The number of imide groups is 1. The van der Waals surface area contributed by atoms with Gasteiger partial charge in [-0.1, -0.05) is 29.8 Å². The van der Waals surface area contributed by atoms with Gasteiger partial charge in [-0.05, 0) is 84.5 Å². The lowest BCUT2D eigenvalue weighted by Gasteiger charge is -2.18. The van der Waals surface area contributed by atoms with Crippen molar-refractivity contribution in [2.75, 3.05) is 13.7 Å². The molecule has 7 nitrogen and oxygen atoms in total. The van der Waals surface area contributed by atoms with Gasteiger partial charge in [0.2, 0.25) is 0 Å². The van der Waals surface area contributed by atoms with Crippen molar-refractivity contribution in [3.8, 4) is 11.5 Å². The van der Waals surface area contributed by atoms with Gasteiger partial charge in [0.05, 0.1) is 22.2 Å². The Labute approximate surface area is 210 Å². The minimum absolute atomic E-state index is 0.224. The highest BCUT2D eigenvalue weighted by Gasteiger charge is 2.41. The summed E-state index contributed by atoms with van der Waals surface area (Å²) in [6, 6.07) is 10.7. The van der Waals surface area contributed by atoms with Gasteiger partial charge in [-0.3, -0.25) is 14.5 Å². The van der Waals surface area contributed by atoms with E-state index in [1.165, 1.54) is 14.0 Å². The van der Waals surface area contributed by atoms with Gasteiger partial charge in [-0.2, -0.15) is 0 Å². The second-order valence-electron chi connectivity index (χ2n) is 7.29. The molecular weight excluding hydrogens is 557 g/mol. The van der Waals surface area contributed by atoms with E-state index >= 15 is 0 Å². The predicted molar refractivity (Wildman–Crippen MR) is 135 cm³/mol. The Morgan fingerprint density at radius 2 is 1.97 bits per heavy atom. The average molecular weight is 581 g/mol. The summed E-state index contributed by atoms with van der Waals surface area (Å²) in [4.78, 5) is 38.1. The first-order valence-electron chi connectivity index (χ1n) is 10.2. The lowest BCUT2D eigenvalue weighted by molar-refractivity contribution is -0.148. The highest BCUT2D eigenvalue weighted by molar-refractivity contribution is 14.1. The van der Waals surface area contributed by atoms with Crippen LogP contribution in [0.5, 0.6) is 11.5 Å². The highest BCUT2D eigenvalue weighted by atomic mass is 127. The van der Waals surface area contributed by atoms with Crippen molar-refractivity contribution in [1.82, 2.24) is 4.90 Å². The predicted octanol–water partition coefficient (Wildman–Crippen LogP) is 5.18. The largest absolute Gasteiger partial charge is 0.490 e. The molecule has 0 N–H and O–H groups in total. The Bertz CT molecular complexity index is 1120. The Morgan fingerprint density at radius 3 is 2.64 bits per heavy atom. The number of amides is 2. The van der Waals surface area contributed by atoms with Crippen molar-refractivity contribution >= 4 is 57.5 Å². The molecule has 33 heavy (non-hydrogen) atoms. The van der Waals surface area contributed by atoms with Crippen molar-refractivity contribution in [2.45, 2.75) is 33.4 Å². The highest BCUT2D eigenvalue weighted by Crippen LogP contribution is 2.38. The summed E-state index contributed by atoms with van der Waals surface area (Å²) in [5.74, 6) is -0.0218. The van der Waals surface area contributed by atoms with Gasteiger partial charge in [-0.25, -0.2) is 4.79 Å². The van der Waals surface area contributed by atoms with E-state index in [2.05, 4.69) is 33.4 Å². The summed E-state index contributed by atoms with van der Waals surface area (Å²) in [7, 11) is 1.22. The molecular formula is C24H24INO6S. The molecule has 1 heterocycles. The van der Waals surface area contributed by atoms with Crippen LogP contribution in [0.3, 0.4) is 0 Å². The van der Waals surface area contributed by atoms with Crippen molar-refractivity contribution in [3.05, 3.63) is 61.6 Å². The van der Waals surface area contributed by atoms with Gasteiger partial charge >= 0.3 is 5.97 Å². The molecule has 0 unspecified atom stereocenters. The summed E-state index contributed by atoms with van der Waals surface area (Å²) in [6.45, 7) is 6.20. The first-order valence-corrected chi connectivity index (χ1v) is 12.1. The number of aryl methyl sites for hydroxylation is 1. The van der Waals surface area contributed by atoms with Crippen LogP contribution in [0, 0.1) is 10.5 Å².